The van der Waals surface area contributed by atoms with E-state index in [1.807, 2.05) is 17.5 Å². The van der Waals surface area contributed by atoms with Crippen LogP contribution in [0.15, 0.2) is 40.2 Å². The largest absolute Gasteiger partial charge is 0.435 e. The fraction of sp³-hybridized carbons (Fsp3) is 0.333. The Kier molecular flexibility index (Phi) is 6.14. The first-order valence-corrected chi connectivity index (χ1v) is 8.30. The lowest BCUT2D eigenvalue weighted by Crippen LogP contribution is -2.22. The van der Waals surface area contributed by atoms with E-state index in [0.717, 1.165) is 27.9 Å². The van der Waals surface area contributed by atoms with Crippen molar-refractivity contribution in [1.29, 1.82) is 0 Å². The Morgan fingerprint density at radius 3 is 2.76 bits per heavy atom. The molecule has 1 aromatic heterocycles. The molecule has 0 saturated heterocycles. The average Bonchev–Trinajstić information content (AvgIpc) is 2.85. The lowest BCUT2D eigenvalue weighted by atomic mass is 10.0. The summed E-state index contributed by atoms with van der Waals surface area (Å²) in [6, 6.07) is 8.79. The number of benzene rings is 1. The number of thiophene rings is 1. The van der Waals surface area contributed by atoms with E-state index in [1.54, 1.807) is 23.5 Å². The van der Waals surface area contributed by atoms with Crippen molar-refractivity contribution in [2.45, 2.75) is 26.0 Å². The van der Waals surface area contributed by atoms with Crippen LogP contribution >= 0.6 is 27.3 Å². The summed E-state index contributed by atoms with van der Waals surface area (Å²) in [4.78, 5) is 1.12. The highest BCUT2D eigenvalue weighted by atomic mass is 79.9. The fourth-order valence-electron chi connectivity index (χ4n) is 2.03. The van der Waals surface area contributed by atoms with E-state index in [0.29, 0.717) is 0 Å². The molecule has 0 aliphatic rings. The van der Waals surface area contributed by atoms with Crippen LogP contribution in [0.5, 0.6) is 5.75 Å². The molecule has 0 saturated carbocycles. The number of rotatable bonds is 7. The predicted molar refractivity (Wildman–Crippen MR) is 85.2 cm³/mol. The van der Waals surface area contributed by atoms with Gasteiger partial charge in [-0.05, 0) is 58.0 Å². The summed E-state index contributed by atoms with van der Waals surface area (Å²) < 4.78 is 30.2. The van der Waals surface area contributed by atoms with Gasteiger partial charge in [-0.2, -0.15) is 8.78 Å². The van der Waals surface area contributed by atoms with Gasteiger partial charge in [-0.1, -0.05) is 19.1 Å². The van der Waals surface area contributed by atoms with Crippen LogP contribution in [0, 0.1) is 0 Å². The van der Waals surface area contributed by atoms with Crippen molar-refractivity contribution in [2.24, 2.45) is 0 Å². The van der Waals surface area contributed by atoms with Crippen LogP contribution in [0.3, 0.4) is 0 Å². The molecule has 1 aromatic carbocycles. The number of alkyl halides is 2. The summed E-state index contributed by atoms with van der Waals surface area (Å²) in [6.45, 7) is 0.120. The molecular weight excluding hydrogens is 360 g/mol. The molecule has 0 radical (unpaired) electrons. The normalized spacial score (nSPS) is 12.6. The maximum absolute atomic E-state index is 12.4. The van der Waals surface area contributed by atoms with Crippen LogP contribution in [0.4, 0.5) is 8.78 Å². The second-order valence-corrected chi connectivity index (χ2v) is 6.27. The molecule has 1 atom stereocenters. The average molecular weight is 376 g/mol. The van der Waals surface area contributed by atoms with Crippen LogP contribution in [-0.4, -0.2) is 13.2 Å². The van der Waals surface area contributed by atoms with Gasteiger partial charge in [-0.3, -0.25) is 0 Å². The van der Waals surface area contributed by atoms with Gasteiger partial charge >= 0.3 is 6.61 Å². The Morgan fingerprint density at radius 2 is 2.14 bits per heavy atom. The van der Waals surface area contributed by atoms with Gasteiger partial charge in [0.15, 0.2) is 0 Å². The van der Waals surface area contributed by atoms with Crippen LogP contribution in [-0.2, 0) is 0 Å². The molecule has 6 heteroatoms. The number of hydrogen-bond donors (Lipinski definition) is 1. The van der Waals surface area contributed by atoms with Crippen molar-refractivity contribution in [1.82, 2.24) is 5.32 Å². The molecule has 21 heavy (non-hydrogen) atoms. The Morgan fingerprint density at radius 1 is 1.33 bits per heavy atom. The first kappa shape index (κ1) is 16.4. The van der Waals surface area contributed by atoms with Crippen molar-refractivity contribution in [2.75, 3.05) is 6.54 Å². The summed E-state index contributed by atoms with van der Waals surface area (Å²) in [5, 5.41) is 5.45. The Hall–Kier alpha value is -0.980. The molecule has 0 amide bonds. The smallest absolute Gasteiger partial charge is 0.387 e. The molecule has 0 fully saturated rings. The van der Waals surface area contributed by atoms with E-state index in [4.69, 9.17) is 0 Å². The van der Waals surface area contributed by atoms with Gasteiger partial charge in [0.25, 0.3) is 0 Å². The zero-order valence-electron chi connectivity index (χ0n) is 11.5. The standard InChI is InChI=1S/C15H16BrF2NOS/c1-2-7-19-13(14-12(16)6-8-21-14)10-4-3-5-11(9-10)20-15(17)18/h3-6,8-9,13,15,19H,2,7H2,1H3. The molecule has 114 valence electrons. The van der Waals surface area contributed by atoms with Crippen molar-refractivity contribution in [3.63, 3.8) is 0 Å². The van der Waals surface area contributed by atoms with Gasteiger partial charge in [0, 0.05) is 9.35 Å². The summed E-state index contributed by atoms with van der Waals surface area (Å²) in [5.41, 5.74) is 0.907. The van der Waals surface area contributed by atoms with E-state index in [2.05, 4.69) is 32.9 Å². The maximum atomic E-state index is 12.4. The quantitative estimate of drug-likeness (QED) is 0.717. The van der Waals surface area contributed by atoms with Gasteiger partial charge in [-0.15, -0.1) is 11.3 Å². The lowest BCUT2D eigenvalue weighted by molar-refractivity contribution is -0.0498. The molecule has 1 N–H and O–H groups in total. The van der Waals surface area contributed by atoms with Crippen molar-refractivity contribution < 1.29 is 13.5 Å². The second-order valence-electron chi connectivity index (χ2n) is 4.47. The zero-order chi connectivity index (χ0) is 15.2. The number of halogens is 3. The van der Waals surface area contributed by atoms with Crippen LogP contribution in [0.25, 0.3) is 0 Å². The third kappa shape index (κ3) is 4.49. The number of nitrogens with one attached hydrogen (secondary N) is 1. The molecular formula is C15H16BrF2NOS. The first-order valence-electron chi connectivity index (χ1n) is 6.63. The maximum Gasteiger partial charge on any atom is 0.387 e. The predicted octanol–water partition coefficient (Wildman–Crippen LogP) is 5.20. The Bertz CT molecular complexity index is 576. The third-order valence-corrected chi connectivity index (χ3v) is 4.86. The Balaban J connectivity index is 2.30. The topological polar surface area (TPSA) is 21.3 Å². The van der Waals surface area contributed by atoms with Crippen LogP contribution in [0.1, 0.15) is 29.8 Å². The number of ether oxygens (including phenoxy) is 1. The second kappa shape index (κ2) is 7.87. The van der Waals surface area contributed by atoms with E-state index >= 15 is 0 Å². The molecule has 0 spiro atoms. The fourth-order valence-corrected chi connectivity index (χ4v) is 3.74. The molecule has 0 aliphatic heterocycles. The summed E-state index contributed by atoms with van der Waals surface area (Å²) in [7, 11) is 0. The minimum atomic E-state index is -2.81. The van der Waals surface area contributed by atoms with E-state index in [9.17, 15) is 8.78 Å². The monoisotopic (exact) mass is 375 g/mol. The van der Waals surface area contributed by atoms with Crippen molar-refractivity contribution >= 4 is 27.3 Å². The third-order valence-electron chi connectivity index (χ3n) is 2.92. The first-order chi connectivity index (χ1) is 10.1. The highest BCUT2D eigenvalue weighted by molar-refractivity contribution is 9.10. The molecule has 0 bridgehead atoms. The molecule has 2 nitrogen and oxygen atoms in total. The van der Waals surface area contributed by atoms with Crippen LogP contribution in [0.2, 0.25) is 0 Å². The van der Waals surface area contributed by atoms with Gasteiger partial charge in [0.2, 0.25) is 0 Å². The van der Waals surface area contributed by atoms with Crippen LogP contribution < -0.4 is 10.1 Å². The zero-order valence-corrected chi connectivity index (χ0v) is 13.9. The SMILES string of the molecule is CCCNC(c1cccc(OC(F)F)c1)c1sccc1Br. The molecule has 0 aliphatic carbocycles. The molecule has 2 aromatic rings. The highest BCUT2D eigenvalue weighted by Crippen LogP contribution is 2.34. The summed E-state index contributed by atoms with van der Waals surface area (Å²) >= 11 is 5.16. The van der Waals surface area contributed by atoms with Gasteiger partial charge in [0.05, 0.1) is 6.04 Å². The van der Waals surface area contributed by atoms with E-state index in [-0.39, 0.29) is 11.8 Å². The minimum absolute atomic E-state index is 0.0412. The summed E-state index contributed by atoms with van der Waals surface area (Å²) in [5.74, 6) is 0.179. The number of hydrogen-bond acceptors (Lipinski definition) is 3. The van der Waals surface area contributed by atoms with E-state index < -0.39 is 6.61 Å². The lowest BCUT2D eigenvalue weighted by Gasteiger charge is -2.19. The van der Waals surface area contributed by atoms with E-state index in [1.165, 1.54) is 6.07 Å². The Labute approximate surface area is 135 Å². The molecule has 1 heterocycles. The molecule has 1 unspecified atom stereocenters. The minimum Gasteiger partial charge on any atom is -0.435 e. The van der Waals surface area contributed by atoms with Crippen molar-refractivity contribution in [3.05, 3.63) is 50.6 Å². The van der Waals surface area contributed by atoms with Gasteiger partial charge in [0.1, 0.15) is 5.75 Å². The summed E-state index contributed by atoms with van der Waals surface area (Å²) in [6.07, 6.45) is 0.993. The highest BCUT2D eigenvalue weighted by Gasteiger charge is 2.18. The molecule has 2 rings (SSSR count). The van der Waals surface area contributed by atoms with Gasteiger partial charge < -0.3 is 10.1 Å². The van der Waals surface area contributed by atoms with Gasteiger partial charge in [-0.25, -0.2) is 0 Å². The van der Waals surface area contributed by atoms with Crippen molar-refractivity contribution in [3.8, 4) is 5.75 Å².